The lowest BCUT2D eigenvalue weighted by Gasteiger charge is -2.44. The number of carbonyl (C=O) groups excluding carboxylic acids is 1. The molecule has 0 aliphatic carbocycles. The zero-order valence-corrected chi connectivity index (χ0v) is 21.6. The van der Waals surface area contributed by atoms with E-state index in [0.29, 0.717) is 12.8 Å². The molecule has 0 bridgehead atoms. The molecule has 0 unspecified atom stereocenters. The number of ether oxygens (including phenoxy) is 2. The van der Waals surface area contributed by atoms with E-state index in [0.717, 1.165) is 38.2 Å². The van der Waals surface area contributed by atoms with Crippen molar-refractivity contribution in [1.82, 2.24) is 15.1 Å². The summed E-state index contributed by atoms with van der Waals surface area (Å²) in [5, 5.41) is 13.5. The number of likely N-dealkylation sites (tertiary alicyclic amines) is 1. The molecule has 7 nitrogen and oxygen atoms in total. The van der Waals surface area contributed by atoms with Crippen molar-refractivity contribution in [3.63, 3.8) is 0 Å². The Balaban J connectivity index is 1.14. The number of amides is 1. The van der Waals surface area contributed by atoms with Crippen LogP contribution < -0.4 is 5.32 Å². The molecule has 206 valence electrons. The van der Waals surface area contributed by atoms with Gasteiger partial charge in [-0.25, -0.2) is 8.78 Å². The third-order valence-electron chi connectivity index (χ3n) is 7.77. The molecule has 5 atom stereocenters. The van der Waals surface area contributed by atoms with Gasteiger partial charge in [0.15, 0.2) is 0 Å². The maximum atomic E-state index is 14.4. The molecule has 2 aromatic rings. The lowest BCUT2D eigenvalue weighted by molar-refractivity contribution is -0.158. The molecule has 3 heterocycles. The van der Waals surface area contributed by atoms with E-state index in [1.807, 2.05) is 23.1 Å². The molecule has 0 radical (unpaired) electrons. The van der Waals surface area contributed by atoms with E-state index in [1.165, 1.54) is 11.6 Å². The van der Waals surface area contributed by atoms with E-state index < -0.39 is 17.7 Å². The molecule has 3 aliphatic rings. The van der Waals surface area contributed by atoms with E-state index >= 15 is 0 Å². The van der Waals surface area contributed by atoms with Gasteiger partial charge in [0.1, 0.15) is 11.6 Å². The van der Waals surface area contributed by atoms with E-state index in [9.17, 15) is 18.7 Å². The van der Waals surface area contributed by atoms with Gasteiger partial charge in [0, 0.05) is 50.4 Å². The predicted molar refractivity (Wildman–Crippen MR) is 138 cm³/mol. The standard InChI is InChI=1S/C29H37F2N3O4/c30-22-6-8-26(31)21(12-22)15-34-17-24(35)18-37-19-28-27(34)9-7-25(38-28)13-29(36)32-23-10-11-33(16-23)14-20-4-2-1-3-5-20/h1-6,8,12,23-25,27-28,35H,7,9-11,13-19H2,(H,32,36)/t23-,24-,25+,27+,28-/m1/s1. The zero-order valence-electron chi connectivity index (χ0n) is 21.6. The Hall–Kier alpha value is -2.43. The SMILES string of the molecule is O=C(C[C@@H]1CC[C@H]2[C@@H](COC[C@H](O)CN2Cc2cc(F)ccc2F)O1)N[C@@H]1CCN(Cc2ccccc2)C1. The normalized spacial score (nSPS) is 28.9. The highest BCUT2D eigenvalue weighted by atomic mass is 19.1. The second-order valence-electron chi connectivity index (χ2n) is 10.8. The molecule has 0 saturated carbocycles. The first-order valence-corrected chi connectivity index (χ1v) is 13.6. The maximum absolute atomic E-state index is 14.4. The van der Waals surface area contributed by atoms with Crippen LogP contribution >= 0.6 is 0 Å². The Morgan fingerprint density at radius 1 is 1.03 bits per heavy atom. The fourth-order valence-electron chi connectivity index (χ4n) is 5.94. The van der Waals surface area contributed by atoms with Gasteiger partial charge in [-0.2, -0.15) is 0 Å². The molecule has 0 aromatic heterocycles. The second-order valence-corrected chi connectivity index (χ2v) is 10.8. The second kappa shape index (κ2) is 12.6. The van der Waals surface area contributed by atoms with Gasteiger partial charge in [-0.1, -0.05) is 30.3 Å². The van der Waals surface area contributed by atoms with Crippen molar-refractivity contribution in [1.29, 1.82) is 0 Å². The van der Waals surface area contributed by atoms with Crippen LogP contribution in [0.3, 0.4) is 0 Å². The molecule has 1 amide bonds. The summed E-state index contributed by atoms with van der Waals surface area (Å²) >= 11 is 0. The topological polar surface area (TPSA) is 74.3 Å². The fourth-order valence-corrected chi connectivity index (χ4v) is 5.94. The number of halogens is 2. The highest BCUT2D eigenvalue weighted by molar-refractivity contribution is 5.76. The van der Waals surface area contributed by atoms with Crippen molar-refractivity contribution >= 4 is 5.91 Å². The molecule has 3 aliphatic heterocycles. The van der Waals surface area contributed by atoms with Crippen molar-refractivity contribution in [2.75, 3.05) is 32.8 Å². The first kappa shape index (κ1) is 27.1. The number of aliphatic hydroxyl groups excluding tert-OH is 1. The van der Waals surface area contributed by atoms with Crippen molar-refractivity contribution in [3.05, 3.63) is 71.3 Å². The molecule has 5 rings (SSSR count). The Morgan fingerprint density at radius 2 is 1.87 bits per heavy atom. The number of aliphatic hydroxyl groups is 1. The summed E-state index contributed by atoms with van der Waals surface area (Å²) in [6.07, 6.45) is 1.29. The molecule has 38 heavy (non-hydrogen) atoms. The lowest BCUT2D eigenvalue weighted by Crippen LogP contribution is -2.55. The molecule has 9 heteroatoms. The number of rotatable bonds is 7. The van der Waals surface area contributed by atoms with Crippen LogP contribution in [0.25, 0.3) is 0 Å². The van der Waals surface area contributed by atoms with Gasteiger partial charge in [0.25, 0.3) is 0 Å². The van der Waals surface area contributed by atoms with E-state index in [2.05, 4.69) is 22.3 Å². The van der Waals surface area contributed by atoms with Crippen LogP contribution in [0.2, 0.25) is 0 Å². The number of nitrogens with zero attached hydrogens (tertiary/aromatic N) is 2. The van der Waals surface area contributed by atoms with Crippen molar-refractivity contribution < 1.29 is 28.2 Å². The quantitative estimate of drug-likeness (QED) is 0.575. The van der Waals surface area contributed by atoms with Crippen LogP contribution in [0.5, 0.6) is 0 Å². The minimum atomic E-state index is -0.732. The van der Waals surface area contributed by atoms with Crippen LogP contribution in [-0.4, -0.2) is 84.1 Å². The number of hydrogen-bond donors (Lipinski definition) is 2. The Bertz CT molecular complexity index is 1080. The summed E-state index contributed by atoms with van der Waals surface area (Å²) in [7, 11) is 0. The number of nitrogens with one attached hydrogen (secondary N) is 1. The van der Waals surface area contributed by atoms with Crippen LogP contribution in [0.15, 0.2) is 48.5 Å². The van der Waals surface area contributed by atoms with Crippen LogP contribution in [0, 0.1) is 11.6 Å². The number of β-amino-alcohol motifs (C(OH)–C–C–N with tert-alkyl or cyclic N) is 1. The van der Waals surface area contributed by atoms with Crippen LogP contribution in [-0.2, 0) is 27.4 Å². The maximum Gasteiger partial charge on any atom is 0.222 e. The molecule has 0 spiro atoms. The zero-order chi connectivity index (χ0) is 26.5. The van der Waals surface area contributed by atoms with Gasteiger partial charge in [0.2, 0.25) is 5.91 Å². The van der Waals surface area contributed by atoms with Crippen molar-refractivity contribution in [2.24, 2.45) is 0 Å². The number of hydrogen-bond acceptors (Lipinski definition) is 6. The third-order valence-corrected chi connectivity index (χ3v) is 7.77. The fraction of sp³-hybridized carbons (Fsp3) is 0.552. The number of carbonyl (C=O) groups is 1. The monoisotopic (exact) mass is 529 g/mol. The number of benzene rings is 2. The summed E-state index contributed by atoms with van der Waals surface area (Å²) in [5.41, 5.74) is 1.52. The Labute approximate surface area is 222 Å². The summed E-state index contributed by atoms with van der Waals surface area (Å²) in [4.78, 5) is 17.2. The minimum Gasteiger partial charge on any atom is -0.389 e. The highest BCUT2D eigenvalue weighted by Gasteiger charge is 2.38. The average Bonchev–Trinajstić information content (AvgIpc) is 3.32. The van der Waals surface area contributed by atoms with Gasteiger partial charge < -0.3 is 19.9 Å². The van der Waals surface area contributed by atoms with E-state index in [1.54, 1.807) is 0 Å². The summed E-state index contributed by atoms with van der Waals surface area (Å²) in [6.45, 7) is 3.52. The summed E-state index contributed by atoms with van der Waals surface area (Å²) < 4.78 is 40.2. The van der Waals surface area contributed by atoms with Gasteiger partial charge in [0.05, 0.1) is 37.9 Å². The van der Waals surface area contributed by atoms with Crippen LogP contribution in [0.1, 0.15) is 36.8 Å². The van der Waals surface area contributed by atoms with Gasteiger partial charge >= 0.3 is 0 Å². The Morgan fingerprint density at radius 3 is 2.71 bits per heavy atom. The predicted octanol–water partition coefficient (Wildman–Crippen LogP) is 2.85. The first-order chi connectivity index (χ1) is 18.4. The highest BCUT2D eigenvalue weighted by Crippen LogP contribution is 2.29. The largest absolute Gasteiger partial charge is 0.389 e. The molecule has 3 fully saturated rings. The lowest BCUT2D eigenvalue weighted by atomic mass is 9.94. The van der Waals surface area contributed by atoms with E-state index in [4.69, 9.17) is 9.47 Å². The van der Waals surface area contributed by atoms with Crippen molar-refractivity contribution in [2.45, 2.75) is 69.2 Å². The van der Waals surface area contributed by atoms with Crippen LogP contribution in [0.4, 0.5) is 8.78 Å². The van der Waals surface area contributed by atoms with Gasteiger partial charge in [-0.15, -0.1) is 0 Å². The molecular weight excluding hydrogens is 492 g/mol. The minimum absolute atomic E-state index is 0.0131. The average molecular weight is 530 g/mol. The smallest absolute Gasteiger partial charge is 0.222 e. The third kappa shape index (κ3) is 7.15. The molecule has 2 aromatic carbocycles. The first-order valence-electron chi connectivity index (χ1n) is 13.6. The van der Waals surface area contributed by atoms with Gasteiger partial charge in [-0.05, 0) is 43.0 Å². The van der Waals surface area contributed by atoms with E-state index in [-0.39, 0.29) is 68.5 Å². The summed E-state index contributed by atoms with van der Waals surface area (Å²) in [6, 6.07) is 13.8. The Kier molecular flexibility index (Phi) is 9.01. The molecule has 3 saturated heterocycles. The molecular formula is C29H37F2N3O4. The van der Waals surface area contributed by atoms with Crippen molar-refractivity contribution in [3.8, 4) is 0 Å². The molecule has 2 N–H and O–H groups in total. The van der Waals surface area contributed by atoms with Gasteiger partial charge in [-0.3, -0.25) is 14.6 Å². The summed E-state index contributed by atoms with van der Waals surface area (Å²) in [5.74, 6) is -0.984. The number of fused-ring (bicyclic) bond motifs is 1.